The number of rotatable bonds is 5. The van der Waals surface area contributed by atoms with Gasteiger partial charge < -0.3 is 5.32 Å². The molecule has 2 nitrogen and oxygen atoms in total. The SMILES string of the molecule is CCC(C)c1ccc(CCNC(=O)Cl)cc1. The fraction of sp³-hybridized carbons (Fsp3) is 0.462. The number of nitrogens with one attached hydrogen (secondary N) is 1. The molecule has 1 atom stereocenters. The van der Waals surface area contributed by atoms with E-state index in [0.29, 0.717) is 12.5 Å². The Morgan fingerprint density at radius 1 is 1.38 bits per heavy atom. The van der Waals surface area contributed by atoms with Gasteiger partial charge in [-0.15, -0.1) is 0 Å². The molecule has 0 aromatic heterocycles. The fourth-order valence-corrected chi connectivity index (χ4v) is 1.65. The van der Waals surface area contributed by atoms with Crippen molar-refractivity contribution in [1.29, 1.82) is 0 Å². The monoisotopic (exact) mass is 239 g/mol. The van der Waals surface area contributed by atoms with Crippen LogP contribution in [0.15, 0.2) is 24.3 Å². The minimum atomic E-state index is -0.490. The molecular weight excluding hydrogens is 222 g/mol. The van der Waals surface area contributed by atoms with Crippen LogP contribution in [-0.2, 0) is 6.42 Å². The van der Waals surface area contributed by atoms with Crippen LogP contribution in [-0.4, -0.2) is 11.9 Å². The van der Waals surface area contributed by atoms with E-state index in [1.54, 1.807) is 0 Å². The Labute approximate surface area is 102 Å². The van der Waals surface area contributed by atoms with Crippen molar-refractivity contribution in [3.05, 3.63) is 35.4 Å². The van der Waals surface area contributed by atoms with Gasteiger partial charge in [-0.05, 0) is 41.5 Å². The first-order valence-corrected chi connectivity index (χ1v) is 6.03. The molecule has 0 saturated heterocycles. The molecule has 0 heterocycles. The van der Waals surface area contributed by atoms with Gasteiger partial charge in [0.1, 0.15) is 0 Å². The van der Waals surface area contributed by atoms with E-state index in [4.69, 9.17) is 11.6 Å². The highest BCUT2D eigenvalue weighted by molar-refractivity contribution is 6.62. The molecule has 0 aliphatic rings. The van der Waals surface area contributed by atoms with Crippen molar-refractivity contribution < 1.29 is 4.79 Å². The van der Waals surface area contributed by atoms with E-state index >= 15 is 0 Å². The maximum atomic E-state index is 10.5. The zero-order valence-corrected chi connectivity index (χ0v) is 10.6. The quantitative estimate of drug-likeness (QED) is 0.616. The average Bonchev–Trinajstić information content (AvgIpc) is 2.28. The van der Waals surface area contributed by atoms with Crippen LogP contribution in [0.25, 0.3) is 0 Å². The lowest BCUT2D eigenvalue weighted by atomic mass is 9.97. The first-order valence-electron chi connectivity index (χ1n) is 5.65. The van der Waals surface area contributed by atoms with Crippen LogP contribution in [0.5, 0.6) is 0 Å². The largest absolute Gasteiger partial charge is 0.342 e. The molecule has 3 heteroatoms. The Kier molecular flexibility index (Phi) is 5.33. The third-order valence-corrected chi connectivity index (χ3v) is 2.97. The molecule has 0 bridgehead atoms. The van der Waals surface area contributed by atoms with Crippen LogP contribution in [0.4, 0.5) is 4.79 Å². The molecule has 0 saturated carbocycles. The average molecular weight is 240 g/mol. The third kappa shape index (κ3) is 4.23. The zero-order chi connectivity index (χ0) is 12.0. The second-order valence-corrected chi connectivity index (χ2v) is 4.34. The Balaban J connectivity index is 2.48. The number of benzene rings is 1. The van der Waals surface area contributed by atoms with Gasteiger partial charge in [-0.25, -0.2) is 0 Å². The number of carbonyl (C=O) groups excluding carboxylic acids is 1. The number of carbonyl (C=O) groups is 1. The van der Waals surface area contributed by atoms with Gasteiger partial charge >= 0.3 is 5.37 Å². The summed E-state index contributed by atoms with van der Waals surface area (Å²) in [6.07, 6.45) is 1.97. The number of hydrogen-bond acceptors (Lipinski definition) is 1. The summed E-state index contributed by atoms with van der Waals surface area (Å²) in [5.74, 6) is 0.608. The van der Waals surface area contributed by atoms with Gasteiger partial charge in [-0.1, -0.05) is 38.1 Å². The first-order chi connectivity index (χ1) is 7.63. The summed E-state index contributed by atoms with van der Waals surface area (Å²) in [4.78, 5) is 10.5. The summed E-state index contributed by atoms with van der Waals surface area (Å²) in [5.41, 5.74) is 2.59. The molecule has 1 unspecified atom stereocenters. The van der Waals surface area contributed by atoms with Crippen molar-refractivity contribution in [3.8, 4) is 0 Å². The molecule has 0 radical (unpaired) electrons. The molecule has 16 heavy (non-hydrogen) atoms. The minimum Gasteiger partial charge on any atom is -0.342 e. The van der Waals surface area contributed by atoms with E-state index in [1.165, 1.54) is 11.1 Å². The number of halogens is 1. The zero-order valence-electron chi connectivity index (χ0n) is 9.79. The molecule has 0 aliphatic heterocycles. The van der Waals surface area contributed by atoms with Crippen LogP contribution in [0, 0.1) is 0 Å². The maximum absolute atomic E-state index is 10.5. The van der Waals surface area contributed by atoms with Gasteiger partial charge in [0.2, 0.25) is 0 Å². The van der Waals surface area contributed by atoms with Crippen molar-refractivity contribution in [1.82, 2.24) is 5.32 Å². The van der Waals surface area contributed by atoms with Gasteiger partial charge in [0, 0.05) is 6.54 Å². The van der Waals surface area contributed by atoms with Crippen LogP contribution < -0.4 is 5.32 Å². The van der Waals surface area contributed by atoms with Crippen molar-refractivity contribution in [3.63, 3.8) is 0 Å². The van der Waals surface area contributed by atoms with E-state index in [0.717, 1.165) is 12.8 Å². The smallest absolute Gasteiger partial charge is 0.313 e. The molecule has 1 rings (SSSR count). The highest BCUT2D eigenvalue weighted by atomic mass is 35.5. The highest BCUT2D eigenvalue weighted by Crippen LogP contribution is 2.18. The molecule has 1 N–H and O–H groups in total. The molecule has 0 aliphatic carbocycles. The number of hydrogen-bond donors (Lipinski definition) is 1. The van der Waals surface area contributed by atoms with Gasteiger partial charge in [-0.3, -0.25) is 4.79 Å². The highest BCUT2D eigenvalue weighted by Gasteiger charge is 2.02. The van der Waals surface area contributed by atoms with Gasteiger partial charge in [-0.2, -0.15) is 0 Å². The fourth-order valence-electron chi connectivity index (χ4n) is 1.55. The van der Waals surface area contributed by atoms with Gasteiger partial charge in [0.15, 0.2) is 0 Å². The summed E-state index contributed by atoms with van der Waals surface area (Å²) >= 11 is 5.18. The normalized spacial score (nSPS) is 12.2. The second kappa shape index (κ2) is 6.54. The summed E-state index contributed by atoms with van der Waals surface area (Å²) in [6, 6.07) is 8.54. The number of amides is 1. The van der Waals surface area contributed by atoms with Crippen molar-refractivity contribution in [2.75, 3.05) is 6.54 Å². The molecule has 88 valence electrons. The predicted molar refractivity (Wildman–Crippen MR) is 68.1 cm³/mol. The molecule has 1 aromatic rings. The lowest BCUT2D eigenvalue weighted by molar-refractivity contribution is 0.260. The second-order valence-electron chi connectivity index (χ2n) is 4.00. The molecule has 1 amide bonds. The van der Waals surface area contributed by atoms with Crippen LogP contribution in [0.3, 0.4) is 0 Å². The summed E-state index contributed by atoms with van der Waals surface area (Å²) in [6.45, 7) is 5.00. The van der Waals surface area contributed by atoms with E-state index in [1.807, 2.05) is 0 Å². The van der Waals surface area contributed by atoms with E-state index in [9.17, 15) is 4.79 Å². The Hall–Kier alpha value is -1.02. The van der Waals surface area contributed by atoms with E-state index in [-0.39, 0.29) is 0 Å². The Morgan fingerprint density at radius 2 is 2.00 bits per heavy atom. The van der Waals surface area contributed by atoms with Gasteiger partial charge in [0.25, 0.3) is 0 Å². The molecule has 0 fully saturated rings. The summed E-state index contributed by atoms with van der Waals surface area (Å²) in [5, 5.41) is 2.08. The molecular formula is C13H18ClNO. The minimum absolute atomic E-state index is 0.490. The van der Waals surface area contributed by atoms with Crippen molar-refractivity contribution in [2.24, 2.45) is 0 Å². The Morgan fingerprint density at radius 3 is 2.50 bits per heavy atom. The van der Waals surface area contributed by atoms with E-state index < -0.39 is 5.37 Å². The maximum Gasteiger partial charge on any atom is 0.313 e. The standard InChI is InChI=1S/C13H18ClNO/c1-3-10(2)12-6-4-11(5-7-12)8-9-15-13(14)16/h4-7,10H,3,8-9H2,1-2H3,(H,15,16). The van der Waals surface area contributed by atoms with Crippen LogP contribution in [0.1, 0.15) is 37.3 Å². The summed E-state index contributed by atoms with van der Waals surface area (Å²) in [7, 11) is 0. The van der Waals surface area contributed by atoms with Crippen molar-refractivity contribution in [2.45, 2.75) is 32.6 Å². The Bertz CT molecular complexity index is 334. The molecule has 1 aromatic carbocycles. The van der Waals surface area contributed by atoms with Crippen molar-refractivity contribution >= 4 is 17.0 Å². The summed E-state index contributed by atoms with van der Waals surface area (Å²) < 4.78 is 0. The lowest BCUT2D eigenvalue weighted by Gasteiger charge is -2.09. The van der Waals surface area contributed by atoms with Gasteiger partial charge in [0.05, 0.1) is 0 Å². The first kappa shape index (κ1) is 13.0. The van der Waals surface area contributed by atoms with E-state index in [2.05, 4.69) is 43.4 Å². The van der Waals surface area contributed by atoms with Crippen LogP contribution in [0.2, 0.25) is 0 Å². The van der Waals surface area contributed by atoms with Crippen LogP contribution >= 0.6 is 11.6 Å². The predicted octanol–water partition coefficient (Wildman–Crippen LogP) is 3.69. The third-order valence-electron chi connectivity index (χ3n) is 2.84. The molecule has 0 spiro atoms. The topological polar surface area (TPSA) is 29.1 Å². The lowest BCUT2D eigenvalue weighted by Crippen LogP contribution is -2.19.